The maximum atomic E-state index is 10.1. The van der Waals surface area contributed by atoms with Crippen LogP contribution >= 0.6 is 0 Å². The summed E-state index contributed by atoms with van der Waals surface area (Å²) in [5, 5.41) is 10.1. The van der Waals surface area contributed by atoms with E-state index in [0.29, 0.717) is 6.54 Å². The van der Waals surface area contributed by atoms with Crippen molar-refractivity contribution in [2.45, 2.75) is 32.3 Å². The molecule has 1 heterocycles. The number of aliphatic hydroxyl groups is 1. The van der Waals surface area contributed by atoms with Gasteiger partial charge in [0.05, 0.1) is 18.4 Å². The van der Waals surface area contributed by atoms with Gasteiger partial charge >= 0.3 is 0 Å². The number of rotatable bonds is 2. The Hall–Kier alpha value is -1.22. The molecule has 17 heavy (non-hydrogen) atoms. The Kier molecular flexibility index (Phi) is 3.29. The van der Waals surface area contributed by atoms with Crippen LogP contribution in [0.15, 0.2) is 18.2 Å². The largest absolute Gasteiger partial charge is 0.495 e. The van der Waals surface area contributed by atoms with Gasteiger partial charge in [-0.2, -0.15) is 0 Å². The molecule has 1 saturated heterocycles. The highest BCUT2D eigenvalue weighted by Gasteiger charge is 2.29. The average Bonchev–Trinajstić information content (AvgIpc) is 2.27. The van der Waals surface area contributed by atoms with E-state index in [2.05, 4.69) is 24.0 Å². The zero-order valence-corrected chi connectivity index (χ0v) is 10.9. The molecule has 1 aliphatic rings. The molecule has 0 spiro atoms. The van der Waals surface area contributed by atoms with Gasteiger partial charge in [-0.25, -0.2) is 0 Å². The van der Waals surface area contributed by atoms with Gasteiger partial charge in [-0.3, -0.25) is 0 Å². The van der Waals surface area contributed by atoms with E-state index in [1.165, 1.54) is 5.56 Å². The van der Waals surface area contributed by atoms with Crippen LogP contribution in [0.1, 0.15) is 25.3 Å². The summed E-state index contributed by atoms with van der Waals surface area (Å²) in [5.74, 6) is 0.891. The highest BCUT2D eigenvalue weighted by molar-refractivity contribution is 5.60. The number of hydrogen-bond acceptors (Lipinski definition) is 3. The van der Waals surface area contributed by atoms with Crippen LogP contribution in [0.5, 0.6) is 5.75 Å². The van der Waals surface area contributed by atoms with Crippen LogP contribution < -0.4 is 9.64 Å². The second-order valence-electron chi connectivity index (χ2n) is 5.20. The molecular weight excluding hydrogens is 214 g/mol. The lowest BCUT2D eigenvalue weighted by Gasteiger charge is -2.38. The molecule has 0 amide bonds. The van der Waals surface area contributed by atoms with Crippen molar-refractivity contribution in [2.75, 3.05) is 25.1 Å². The Labute approximate surface area is 103 Å². The van der Waals surface area contributed by atoms with Crippen molar-refractivity contribution in [3.05, 3.63) is 23.8 Å². The SMILES string of the molecule is COc1cc(C)ccc1N1CCCC(C)(O)C1. The maximum absolute atomic E-state index is 10.1. The number of ether oxygens (including phenoxy) is 1. The Morgan fingerprint density at radius 1 is 1.41 bits per heavy atom. The molecular formula is C14H21NO2. The topological polar surface area (TPSA) is 32.7 Å². The average molecular weight is 235 g/mol. The fourth-order valence-corrected chi connectivity index (χ4v) is 2.47. The van der Waals surface area contributed by atoms with Crippen molar-refractivity contribution in [2.24, 2.45) is 0 Å². The van der Waals surface area contributed by atoms with Gasteiger partial charge < -0.3 is 14.7 Å². The van der Waals surface area contributed by atoms with Crippen molar-refractivity contribution < 1.29 is 9.84 Å². The van der Waals surface area contributed by atoms with Crippen molar-refractivity contribution in [3.63, 3.8) is 0 Å². The predicted molar refractivity (Wildman–Crippen MR) is 69.8 cm³/mol. The summed E-state index contributed by atoms with van der Waals surface area (Å²) < 4.78 is 5.42. The monoisotopic (exact) mass is 235 g/mol. The molecule has 1 aromatic carbocycles. The normalized spacial score (nSPS) is 24.8. The third kappa shape index (κ3) is 2.72. The van der Waals surface area contributed by atoms with E-state index < -0.39 is 5.60 Å². The highest BCUT2D eigenvalue weighted by atomic mass is 16.5. The van der Waals surface area contributed by atoms with Crippen molar-refractivity contribution in [1.82, 2.24) is 0 Å². The van der Waals surface area contributed by atoms with Gasteiger partial charge in [-0.1, -0.05) is 6.07 Å². The third-order valence-corrected chi connectivity index (χ3v) is 3.35. The molecule has 0 radical (unpaired) electrons. The zero-order chi connectivity index (χ0) is 12.5. The Balaban J connectivity index is 2.27. The van der Waals surface area contributed by atoms with Crippen molar-refractivity contribution in [3.8, 4) is 5.75 Å². The zero-order valence-electron chi connectivity index (χ0n) is 10.9. The molecule has 3 heteroatoms. The summed E-state index contributed by atoms with van der Waals surface area (Å²) in [6, 6.07) is 6.20. The Morgan fingerprint density at radius 2 is 2.18 bits per heavy atom. The van der Waals surface area contributed by atoms with E-state index in [4.69, 9.17) is 4.74 Å². The minimum atomic E-state index is -0.589. The Morgan fingerprint density at radius 3 is 2.82 bits per heavy atom. The van der Waals surface area contributed by atoms with Gasteiger partial charge in [0.1, 0.15) is 5.75 Å². The molecule has 0 aliphatic carbocycles. The van der Waals surface area contributed by atoms with Gasteiger partial charge in [-0.15, -0.1) is 0 Å². The summed E-state index contributed by atoms with van der Waals surface area (Å²) in [5.41, 5.74) is 1.68. The molecule has 3 nitrogen and oxygen atoms in total. The van der Waals surface area contributed by atoms with Crippen LogP contribution in [0.4, 0.5) is 5.69 Å². The lowest BCUT2D eigenvalue weighted by molar-refractivity contribution is 0.0448. The number of piperidine rings is 1. The lowest BCUT2D eigenvalue weighted by Crippen LogP contribution is -2.46. The fourth-order valence-electron chi connectivity index (χ4n) is 2.47. The van der Waals surface area contributed by atoms with Gasteiger partial charge in [0.25, 0.3) is 0 Å². The van der Waals surface area contributed by atoms with Crippen LogP contribution in [0.2, 0.25) is 0 Å². The lowest BCUT2D eigenvalue weighted by atomic mass is 9.94. The molecule has 1 aliphatic heterocycles. The van der Waals surface area contributed by atoms with E-state index in [-0.39, 0.29) is 0 Å². The molecule has 0 bridgehead atoms. The number of hydrogen-bond donors (Lipinski definition) is 1. The highest BCUT2D eigenvalue weighted by Crippen LogP contribution is 2.33. The first-order valence-corrected chi connectivity index (χ1v) is 6.14. The van der Waals surface area contributed by atoms with E-state index in [1.54, 1.807) is 7.11 Å². The number of benzene rings is 1. The first kappa shape index (κ1) is 12.2. The first-order valence-electron chi connectivity index (χ1n) is 6.14. The fraction of sp³-hybridized carbons (Fsp3) is 0.571. The van der Waals surface area contributed by atoms with E-state index in [9.17, 15) is 5.11 Å². The minimum Gasteiger partial charge on any atom is -0.495 e. The van der Waals surface area contributed by atoms with Crippen molar-refractivity contribution >= 4 is 5.69 Å². The minimum absolute atomic E-state index is 0.589. The summed E-state index contributed by atoms with van der Waals surface area (Å²) in [4.78, 5) is 2.21. The second kappa shape index (κ2) is 4.57. The van der Waals surface area contributed by atoms with Crippen LogP contribution in [0.25, 0.3) is 0 Å². The van der Waals surface area contributed by atoms with Gasteiger partial charge in [-0.05, 0) is 44.4 Å². The number of nitrogens with zero attached hydrogens (tertiary/aromatic N) is 1. The molecule has 1 unspecified atom stereocenters. The van der Waals surface area contributed by atoms with E-state index in [1.807, 2.05) is 13.0 Å². The number of methoxy groups -OCH3 is 1. The third-order valence-electron chi connectivity index (χ3n) is 3.35. The first-order chi connectivity index (χ1) is 8.02. The summed E-state index contributed by atoms with van der Waals surface area (Å²) in [6.45, 7) is 5.61. The van der Waals surface area contributed by atoms with E-state index in [0.717, 1.165) is 30.8 Å². The number of aryl methyl sites for hydroxylation is 1. The second-order valence-corrected chi connectivity index (χ2v) is 5.20. The van der Waals surface area contributed by atoms with Crippen LogP contribution in [-0.2, 0) is 0 Å². The van der Waals surface area contributed by atoms with Crippen LogP contribution in [-0.4, -0.2) is 30.9 Å². The smallest absolute Gasteiger partial charge is 0.142 e. The van der Waals surface area contributed by atoms with Gasteiger partial charge in [0, 0.05) is 13.1 Å². The quantitative estimate of drug-likeness (QED) is 0.854. The molecule has 1 fully saturated rings. The number of β-amino-alcohol motifs (C(OH)–C–C–N with tert-alkyl or cyclic N) is 1. The molecule has 0 saturated carbocycles. The maximum Gasteiger partial charge on any atom is 0.142 e. The molecule has 1 N–H and O–H groups in total. The summed E-state index contributed by atoms with van der Waals surface area (Å²) in [6.07, 6.45) is 1.89. The predicted octanol–water partition coefficient (Wildman–Crippen LogP) is 2.35. The molecule has 2 rings (SSSR count). The van der Waals surface area contributed by atoms with Crippen LogP contribution in [0.3, 0.4) is 0 Å². The molecule has 1 aromatic rings. The number of anilines is 1. The summed E-state index contributed by atoms with van der Waals surface area (Å²) in [7, 11) is 1.69. The van der Waals surface area contributed by atoms with Crippen LogP contribution in [0, 0.1) is 6.92 Å². The van der Waals surface area contributed by atoms with Gasteiger partial charge in [0.2, 0.25) is 0 Å². The van der Waals surface area contributed by atoms with Gasteiger partial charge in [0.15, 0.2) is 0 Å². The molecule has 0 aromatic heterocycles. The molecule has 1 atom stereocenters. The van der Waals surface area contributed by atoms with E-state index >= 15 is 0 Å². The van der Waals surface area contributed by atoms with Crippen molar-refractivity contribution in [1.29, 1.82) is 0 Å². The Bertz CT molecular complexity index is 401. The standard InChI is InChI=1S/C14H21NO2/c1-11-5-6-12(13(9-11)17-3)15-8-4-7-14(2,16)10-15/h5-6,9,16H,4,7-8,10H2,1-3H3. The summed E-state index contributed by atoms with van der Waals surface area (Å²) >= 11 is 0. The molecule has 94 valence electrons.